The molecule has 0 aromatic heterocycles. The Labute approximate surface area is 241 Å². The van der Waals surface area contributed by atoms with Crippen molar-refractivity contribution in [1.82, 2.24) is 0 Å². The van der Waals surface area contributed by atoms with Crippen molar-refractivity contribution in [2.75, 3.05) is 13.2 Å². The second-order valence-corrected chi connectivity index (χ2v) is 9.97. The Bertz CT molecular complexity index is 1310. The van der Waals surface area contributed by atoms with E-state index in [0.717, 1.165) is 61.3 Å². The maximum Gasteiger partial charge on any atom is 0.343 e. The number of carboxylic acid groups (broad SMARTS) is 1. The van der Waals surface area contributed by atoms with Crippen LogP contribution >= 0.6 is 0 Å². The number of esters is 2. The fourth-order valence-electron chi connectivity index (χ4n) is 4.23. The van der Waals surface area contributed by atoms with Crippen LogP contribution < -0.4 is 9.47 Å². The molecule has 3 rings (SSSR count). The highest BCUT2D eigenvalue weighted by Gasteiger charge is 2.14. The molecule has 7 nitrogen and oxygen atoms in total. The molecule has 0 saturated carbocycles. The predicted molar refractivity (Wildman–Crippen MR) is 159 cm³/mol. The molecule has 0 spiro atoms. The average Bonchev–Trinajstić information content (AvgIpc) is 2.98. The predicted octanol–water partition coefficient (Wildman–Crippen LogP) is 7.53. The lowest BCUT2D eigenvalue weighted by Crippen LogP contribution is -2.08. The topological polar surface area (TPSA) is 99.1 Å². The van der Waals surface area contributed by atoms with Crippen LogP contribution in [0, 0.1) is 5.92 Å². The smallest absolute Gasteiger partial charge is 0.343 e. The third kappa shape index (κ3) is 9.94. The summed E-state index contributed by atoms with van der Waals surface area (Å²) in [7, 11) is 0. The second-order valence-electron chi connectivity index (χ2n) is 9.97. The van der Waals surface area contributed by atoms with Crippen molar-refractivity contribution in [3.8, 4) is 22.6 Å². The first-order valence-corrected chi connectivity index (χ1v) is 14.0. The molecule has 7 heteroatoms. The van der Waals surface area contributed by atoms with Crippen LogP contribution in [0.5, 0.6) is 11.5 Å². The number of unbranched alkanes of at least 4 members (excludes halogenated alkanes) is 3. The number of benzene rings is 3. The van der Waals surface area contributed by atoms with E-state index in [-0.39, 0.29) is 5.56 Å². The Morgan fingerprint density at radius 2 is 1.49 bits per heavy atom. The molecule has 0 saturated heterocycles. The first-order valence-electron chi connectivity index (χ1n) is 14.0. The lowest BCUT2D eigenvalue weighted by molar-refractivity contribution is -0.137. The van der Waals surface area contributed by atoms with Crippen LogP contribution in [0.15, 0.2) is 79.4 Å². The third-order valence-electron chi connectivity index (χ3n) is 6.80. The van der Waals surface area contributed by atoms with E-state index in [9.17, 15) is 19.5 Å². The molecule has 0 aliphatic carbocycles. The summed E-state index contributed by atoms with van der Waals surface area (Å²) in [6, 6.07) is 19.3. The number of carboxylic acids is 1. The SMILES string of the molecule is C=CC(=O)OCCCCCCOc1ccc(C(=O)Oc2ccc(-c3ccc(C(=O)O)cc3CC(C)CC)cc2)cc1. The highest BCUT2D eigenvalue weighted by molar-refractivity contribution is 5.91. The van der Waals surface area contributed by atoms with E-state index in [1.165, 1.54) is 0 Å². The molecule has 1 N–H and O–H groups in total. The maximum absolute atomic E-state index is 12.7. The molecule has 0 amide bonds. The molecular weight excluding hydrogens is 520 g/mol. The summed E-state index contributed by atoms with van der Waals surface area (Å²) in [6.45, 7) is 8.58. The van der Waals surface area contributed by atoms with Gasteiger partial charge in [0, 0.05) is 6.08 Å². The average molecular weight is 559 g/mol. The fourth-order valence-corrected chi connectivity index (χ4v) is 4.23. The van der Waals surface area contributed by atoms with Crippen LogP contribution in [0.1, 0.15) is 72.2 Å². The van der Waals surface area contributed by atoms with Crippen molar-refractivity contribution in [3.63, 3.8) is 0 Å². The van der Waals surface area contributed by atoms with Gasteiger partial charge in [-0.1, -0.05) is 45.0 Å². The Hall–Kier alpha value is -4.39. The largest absolute Gasteiger partial charge is 0.494 e. The zero-order valence-electron chi connectivity index (χ0n) is 23.8. The number of rotatable bonds is 16. The molecular formula is C34H38O7. The Balaban J connectivity index is 1.51. The van der Waals surface area contributed by atoms with Crippen LogP contribution in [0.3, 0.4) is 0 Å². The minimum atomic E-state index is -0.943. The number of carbonyl (C=O) groups is 3. The third-order valence-corrected chi connectivity index (χ3v) is 6.80. The highest BCUT2D eigenvalue weighted by Crippen LogP contribution is 2.29. The van der Waals surface area contributed by atoms with Gasteiger partial charge in [0.2, 0.25) is 0 Å². The number of hydrogen-bond acceptors (Lipinski definition) is 6. The van der Waals surface area contributed by atoms with E-state index in [1.54, 1.807) is 48.5 Å². The maximum atomic E-state index is 12.7. The van der Waals surface area contributed by atoms with Gasteiger partial charge in [-0.2, -0.15) is 0 Å². The Morgan fingerprint density at radius 3 is 2.12 bits per heavy atom. The van der Waals surface area contributed by atoms with Gasteiger partial charge in [-0.3, -0.25) is 0 Å². The van der Waals surface area contributed by atoms with Crippen molar-refractivity contribution in [2.45, 2.75) is 52.4 Å². The summed E-state index contributed by atoms with van der Waals surface area (Å²) in [4.78, 5) is 35.2. The molecule has 0 fully saturated rings. The molecule has 41 heavy (non-hydrogen) atoms. The van der Waals surface area contributed by atoms with Crippen LogP contribution in [-0.2, 0) is 16.0 Å². The Morgan fingerprint density at radius 1 is 0.854 bits per heavy atom. The summed E-state index contributed by atoms with van der Waals surface area (Å²) in [6.07, 6.45) is 6.51. The second kappa shape index (κ2) is 16.0. The molecule has 0 aliphatic heterocycles. The number of hydrogen-bond donors (Lipinski definition) is 1. The molecule has 3 aromatic carbocycles. The zero-order chi connectivity index (χ0) is 29.6. The van der Waals surface area contributed by atoms with Crippen molar-refractivity contribution in [2.24, 2.45) is 5.92 Å². The van der Waals surface area contributed by atoms with Crippen molar-refractivity contribution < 1.29 is 33.7 Å². The van der Waals surface area contributed by atoms with Crippen LogP contribution in [0.25, 0.3) is 11.1 Å². The molecule has 1 unspecified atom stereocenters. The van der Waals surface area contributed by atoms with Crippen LogP contribution in [0.4, 0.5) is 0 Å². The standard InChI is InChI=1S/C34H38O7/c1-4-24(3)22-28-23-27(33(36)37)14-19-31(28)25-10-17-30(18-11-25)41-34(38)26-12-15-29(16-13-26)39-20-8-6-7-9-21-40-32(35)5-2/h5,10-19,23-24H,2,4,6-9,20-22H2,1,3H3,(H,36,37). The Kier molecular flexibility index (Phi) is 12.2. The molecule has 3 aromatic rings. The van der Waals surface area contributed by atoms with E-state index < -0.39 is 17.9 Å². The zero-order valence-corrected chi connectivity index (χ0v) is 23.8. The van der Waals surface area contributed by atoms with Gasteiger partial charge >= 0.3 is 17.9 Å². The van der Waals surface area contributed by atoms with Gasteiger partial charge in [0.1, 0.15) is 11.5 Å². The van der Waals surface area contributed by atoms with Gasteiger partial charge in [-0.15, -0.1) is 0 Å². The normalized spacial score (nSPS) is 11.4. The molecule has 0 radical (unpaired) electrons. The molecule has 1 atom stereocenters. The van der Waals surface area contributed by atoms with E-state index in [1.807, 2.05) is 18.2 Å². The monoisotopic (exact) mass is 558 g/mol. The summed E-state index contributed by atoms with van der Waals surface area (Å²) in [5.41, 5.74) is 3.57. The van der Waals surface area contributed by atoms with Crippen molar-refractivity contribution in [1.29, 1.82) is 0 Å². The van der Waals surface area contributed by atoms with Gasteiger partial charge in [-0.25, -0.2) is 14.4 Å². The first-order chi connectivity index (χ1) is 19.8. The number of aromatic carboxylic acids is 1. The van der Waals surface area contributed by atoms with Gasteiger partial charge in [0.15, 0.2) is 0 Å². The lowest BCUT2D eigenvalue weighted by atomic mass is 9.90. The number of ether oxygens (including phenoxy) is 3. The lowest BCUT2D eigenvalue weighted by Gasteiger charge is -2.15. The van der Waals surface area contributed by atoms with E-state index >= 15 is 0 Å². The minimum absolute atomic E-state index is 0.273. The molecule has 216 valence electrons. The van der Waals surface area contributed by atoms with Crippen LogP contribution in [0.2, 0.25) is 0 Å². The summed E-state index contributed by atoms with van der Waals surface area (Å²) >= 11 is 0. The summed E-state index contributed by atoms with van der Waals surface area (Å²) in [5, 5.41) is 9.42. The highest BCUT2D eigenvalue weighted by atomic mass is 16.5. The van der Waals surface area contributed by atoms with Gasteiger partial charge in [0.25, 0.3) is 0 Å². The van der Waals surface area contributed by atoms with Gasteiger partial charge in [-0.05, 0) is 103 Å². The van der Waals surface area contributed by atoms with Gasteiger partial charge < -0.3 is 19.3 Å². The van der Waals surface area contributed by atoms with E-state index in [4.69, 9.17) is 14.2 Å². The minimum Gasteiger partial charge on any atom is -0.494 e. The van der Waals surface area contributed by atoms with E-state index in [2.05, 4.69) is 20.4 Å². The fraction of sp³-hybridized carbons (Fsp3) is 0.324. The van der Waals surface area contributed by atoms with Crippen molar-refractivity contribution >= 4 is 17.9 Å². The van der Waals surface area contributed by atoms with Crippen LogP contribution in [-0.4, -0.2) is 36.2 Å². The first kappa shape index (κ1) is 31.1. The molecule has 0 aliphatic rings. The molecule has 0 bridgehead atoms. The summed E-state index contributed by atoms with van der Waals surface area (Å²) in [5.74, 6) is -0.295. The van der Waals surface area contributed by atoms with Gasteiger partial charge in [0.05, 0.1) is 24.3 Å². The molecule has 0 heterocycles. The van der Waals surface area contributed by atoms with E-state index in [0.29, 0.717) is 36.2 Å². The summed E-state index contributed by atoms with van der Waals surface area (Å²) < 4.78 is 16.3. The number of carbonyl (C=O) groups excluding carboxylic acids is 2. The van der Waals surface area contributed by atoms with Crippen molar-refractivity contribution in [3.05, 3.63) is 96.1 Å². The quantitative estimate of drug-likeness (QED) is 0.0840.